The molecule has 0 saturated carbocycles. The average Bonchev–Trinajstić information content (AvgIpc) is 3.13. The lowest BCUT2D eigenvalue weighted by atomic mass is 10.0. The van der Waals surface area contributed by atoms with Crippen molar-refractivity contribution in [1.82, 2.24) is 20.0 Å². The van der Waals surface area contributed by atoms with Crippen molar-refractivity contribution in [3.8, 4) is 5.88 Å². The van der Waals surface area contributed by atoms with Crippen molar-refractivity contribution in [2.45, 2.75) is 31.8 Å². The molecule has 2 amide bonds. The van der Waals surface area contributed by atoms with Crippen molar-refractivity contribution in [3.05, 3.63) is 47.4 Å². The van der Waals surface area contributed by atoms with E-state index in [1.54, 1.807) is 15.6 Å². The molecule has 1 aromatic carbocycles. The van der Waals surface area contributed by atoms with Crippen molar-refractivity contribution in [2.75, 3.05) is 19.7 Å². The number of benzene rings is 1. The number of fused-ring (bicyclic) bond motifs is 1. The summed E-state index contributed by atoms with van der Waals surface area (Å²) in [6.45, 7) is 2.52. The van der Waals surface area contributed by atoms with E-state index in [1.165, 1.54) is 24.3 Å². The molecule has 2 aromatic rings. The number of aryl methyl sites for hydroxylation is 1. The highest BCUT2D eigenvalue weighted by Gasteiger charge is 2.27. The number of rotatable bonds is 3. The van der Waals surface area contributed by atoms with Crippen LogP contribution in [0.1, 0.15) is 40.1 Å². The van der Waals surface area contributed by atoms with Crippen LogP contribution in [0, 0.1) is 5.82 Å². The maximum absolute atomic E-state index is 13.0. The number of ether oxygens (including phenoxy) is 1. The zero-order chi connectivity index (χ0) is 18.8. The van der Waals surface area contributed by atoms with E-state index < -0.39 is 0 Å². The summed E-state index contributed by atoms with van der Waals surface area (Å²) in [5.74, 6) is -0.0571. The number of nitrogens with one attached hydrogen (secondary N) is 1. The molecule has 0 radical (unpaired) electrons. The summed E-state index contributed by atoms with van der Waals surface area (Å²) in [4.78, 5) is 26.7. The summed E-state index contributed by atoms with van der Waals surface area (Å²) >= 11 is 0. The number of halogens is 1. The lowest BCUT2D eigenvalue weighted by Gasteiger charge is -2.32. The van der Waals surface area contributed by atoms with Crippen LogP contribution in [0.4, 0.5) is 4.39 Å². The molecule has 142 valence electrons. The molecule has 0 atom stereocenters. The molecule has 7 nitrogen and oxygen atoms in total. The molecule has 1 fully saturated rings. The first-order chi connectivity index (χ1) is 13.1. The monoisotopic (exact) mass is 372 g/mol. The van der Waals surface area contributed by atoms with Crippen molar-refractivity contribution in [3.63, 3.8) is 0 Å². The summed E-state index contributed by atoms with van der Waals surface area (Å²) < 4.78 is 20.2. The lowest BCUT2D eigenvalue weighted by molar-refractivity contribution is 0.0691. The molecule has 1 saturated heterocycles. The normalized spacial score (nSPS) is 17.1. The number of likely N-dealkylation sites (tertiary alicyclic amines) is 1. The Kier molecular flexibility index (Phi) is 4.79. The molecule has 0 bridgehead atoms. The molecule has 27 heavy (non-hydrogen) atoms. The Bertz CT molecular complexity index is 818. The van der Waals surface area contributed by atoms with Crippen LogP contribution in [0.5, 0.6) is 5.88 Å². The fourth-order valence-electron chi connectivity index (χ4n) is 3.43. The molecule has 1 aromatic heterocycles. The van der Waals surface area contributed by atoms with Gasteiger partial charge < -0.3 is 15.0 Å². The molecule has 0 aliphatic carbocycles. The fraction of sp³-hybridized carbons (Fsp3) is 0.421. The van der Waals surface area contributed by atoms with E-state index in [-0.39, 0.29) is 23.7 Å². The molecule has 4 rings (SSSR count). The fourth-order valence-corrected chi connectivity index (χ4v) is 3.43. The number of amides is 2. The van der Waals surface area contributed by atoms with Gasteiger partial charge >= 0.3 is 0 Å². The number of piperidine rings is 1. The van der Waals surface area contributed by atoms with E-state index in [0.717, 1.165) is 13.0 Å². The van der Waals surface area contributed by atoms with E-state index in [1.807, 2.05) is 0 Å². The van der Waals surface area contributed by atoms with E-state index in [9.17, 15) is 14.0 Å². The molecule has 8 heteroatoms. The summed E-state index contributed by atoms with van der Waals surface area (Å²) in [6.07, 6.45) is 2.23. The predicted octanol–water partition coefficient (Wildman–Crippen LogP) is 1.84. The van der Waals surface area contributed by atoms with Crippen LogP contribution in [0.2, 0.25) is 0 Å². The van der Waals surface area contributed by atoms with Gasteiger partial charge in [-0.15, -0.1) is 0 Å². The van der Waals surface area contributed by atoms with Crippen LogP contribution in [-0.4, -0.2) is 52.2 Å². The number of nitrogens with zero attached hydrogens (tertiary/aromatic N) is 3. The van der Waals surface area contributed by atoms with E-state index in [0.29, 0.717) is 49.7 Å². The van der Waals surface area contributed by atoms with Crippen LogP contribution in [0.15, 0.2) is 30.3 Å². The Labute approximate surface area is 156 Å². The summed E-state index contributed by atoms with van der Waals surface area (Å²) in [7, 11) is 0. The van der Waals surface area contributed by atoms with Gasteiger partial charge in [0.15, 0.2) is 5.69 Å². The van der Waals surface area contributed by atoms with Crippen LogP contribution in [0.25, 0.3) is 0 Å². The van der Waals surface area contributed by atoms with Crippen molar-refractivity contribution < 1.29 is 18.7 Å². The highest BCUT2D eigenvalue weighted by atomic mass is 19.1. The summed E-state index contributed by atoms with van der Waals surface area (Å²) in [5.41, 5.74) is 0.833. The molecular weight excluding hydrogens is 351 g/mol. The molecule has 3 heterocycles. The van der Waals surface area contributed by atoms with Gasteiger partial charge in [0.2, 0.25) is 5.88 Å². The maximum Gasteiger partial charge on any atom is 0.274 e. The van der Waals surface area contributed by atoms with Gasteiger partial charge in [-0.05, 0) is 37.1 Å². The highest BCUT2D eigenvalue weighted by Crippen LogP contribution is 2.21. The van der Waals surface area contributed by atoms with Gasteiger partial charge in [0.1, 0.15) is 5.82 Å². The minimum Gasteiger partial charge on any atom is -0.478 e. The van der Waals surface area contributed by atoms with E-state index in [4.69, 9.17) is 4.74 Å². The van der Waals surface area contributed by atoms with Gasteiger partial charge in [-0.3, -0.25) is 9.59 Å². The van der Waals surface area contributed by atoms with E-state index in [2.05, 4.69) is 10.4 Å². The third-order valence-corrected chi connectivity index (χ3v) is 4.95. The largest absolute Gasteiger partial charge is 0.478 e. The Hall–Kier alpha value is -2.90. The Morgan fingerprint density at radius 2 is 1.89 bits per heavy atom. The second kappa shape index (κ2) is 7.38. The predicted molar refractivity (Wildman–Crippen MR) is 95.1 cm³/mol. The van der Waals surface area contributed by atoms with Crippen LogP contribution in [0.3, 0.4) is 0 Å². The Morgan fingerprint density at radius 3 is 2.59 bits per heavy atom. The zero-order valence-corrected chi connectivity index (χ0v) is 14.9. The van der Waals surface area contributed by atoms with Gasteiger partial charge in [-0.25, -0.2) is 9.07 Å². The zero-order valence-electron chi connectivity index (χ0n) is 14.9. The first-order valence-corrected chi connectivity index (χ1v) is 9.16. The first kappa shape index (κ1) is 17.5. The first-order valence-electron chi connectivity index (χ1n) is 9.16. The molecule has 1 N–H and O–H groups in total. The minimum atomic E-state index is -0.371. The highest BCUT2D eigenvalue weighted by molar-refractivity contribution is 5.94. The van der Waals surface area contributed by atoms with Crippen LogP contribution in [-0.2, 0) is 6.54 Å². The number of aromatic nitrogens is 2. The Balaban J connectivity index is 1.32. The van der Waals surface area contributed by atoms with Crippen LogP contribution < -0.4 is 10.1 Å². The second-order valence-electron chi connectivity index (χ2n) is 6.84. The smallest absolute Gasteiger partial charge is 0.274 e. The molecule has 0 spiro atoms. The standard InChI is InChI=1S/C19H21FN4O3/c20-14-4-2-13(3-5-14)18(25)21-15-6-9-23(10-7-15)19(26)16-12-17-24(22-16)8-1-11-27-17/h2-5,12,15H,1,6-11H2,(H,21,25). The topological polar surface area (TPSA) is 76.5 Å². The van der Waals surface area contributed by atoms with Crippen molar-refractivity contribution in [1.29, 1.82) is 0 Å². The van der Waals surface area contributed by atoms with Crippen LogP contribution >= 0.6 is 0 Å². The van der Waals surface area contributed by atoms with Gasteiger partial charge in [0.25, 0.3) is 11.8 Å². The Morgan fingerprint density at radius 1 is 1.15 bits per heavy atom. The third kappa shape index (κ3) is 3.79. The molecule has 0 unspecified atom stereocenters. The number of carbonyl (C=O) groups excluding carboxylic acids is 2. The van der Waals surface area contributed by atoms with Crippen molar-refractivity contribution in [2.24, 2.45) is 0 Å². The number of hydrogen-bond donors (Lipinski definition) is 1. The minimum absolute atomic E-state index is 0.00913. The molecular formula is C19H21FN4O3. The van der Waals surface area contributed by atoms with Gasteiger partial charge in [-0.1, -0.05) is 0 Å². The average molecular weight is 372 g/mol. The van der Waals surface area contributed by atoms with Gasteiger partial charge in [0, 0.05) is 43.7 Å². The lowest BCUT2D eigenvalue weighted by Crippen LogP contribution is -2.46. The second-order valence-corrected chi connectivity index (χ2v) is 6.84. The number of hydrogen-bond acceptors (Lipinski definition) is 4. The molecule has 2 aliphatic heterocycles. The maximum atomic E-state index is 13.0. The van der Waals surface area contributed by atoms with Gasteiger partial charge in [-0.2, -0.15) is 5.10 Å². The van der Waals surface area contributed by atoms with Gasteiger partial charge in [0.05, 0.1) is 6.61 Å². The number of carbonyl (C=O) groups is 2. The van der Waals surface area contributed by atoms with Crippen molar-refractivity contribution >= 4 is 11.8 Å². The quantitative estimate of drug-likeness (QED) is 0.892. The summed E-state index contributed by atoms with van der Waals surface area (Å²) in [5, 5.41) is 7.29. The third-order valence-electron chi connectivity index (χ3n) is 4.95. The summed E-state index contributed by atoms with van der Waals surface area (Å²) in [6, 6.07) is 7.15. The SMILES string of the molecule is O=C(NC1CCN(C(=O)c2cc3n(n2)CCCO3)CC1)c1ccc(F)cc1. The van der Waals surface area contributed by atoms with E-state index >= 15 is 0 Å². The molecule has 2 aliphatic rings.